The Bertz CT molecular complexity index is 481. The van der Waals surface area contributed by atoms with Crippen molar-refractivity contribution in [3.05, 3.63) is 46.6 Å². The minimum absolute atomic E-state index is 0.123. The van der Waals surface area contributed by atoms with Crippen LogP contribution in [0.15, 0.2) is 28.8 Å². The lowest BCUT2D eigenvalue weighted by atomic mass is 10.1. The van der Waals surface area contributed by atoms with Gasteiger partial charge in [-0.2, -0.15) is 4.98 Å². The number of hydrogen-bond acceptors (Lipinski definition) is 4. The third-order valence-electron chi connectivity index (χ3n) is 2.55. The first-order valence-electron chi connectivity index (χ1n) is 5.46. The summed E-state index contributed by atoms with van der Waals surface area (Å²) in [5.41, 5.74) is 6.63. The number of benzene rings is 1. The van der Waals surface area contributed by atoms with Crippen molar-refractivity contribution in [3.63, 3.8) is 0 Å². The third-order valence-corrected chi connectivity index (χ3v) is 2.80. The average Bonchev–Trinajstić information content (AvgIpc) is 2.80. The molecule has 4 nitrogen and oxygen atoms in total. The molecule has 1 unspecified atom stereocenters. The van der Waals surface area contributed by atoms with Gasteiger partial charge in [-0.25, -0.2) is 0 Å². The molecule has 90 valence electrons. The molecule has 2 rings (SSSR count). The van der Waals surface area contributed by atoms with Crippen LogP contribution in [0, 0.1) is 0 Å². The minimum Gasteiger partial charge on any atom is -0.339 e. The molecule has 1 aromatic heterocycles. The van der Waals surface area contributed by atoms with Gasteiger partial charge in [-0.3, -0.25) is 0 Å². The van der Waals surface area contributed by atoms with Crippen LogP contribution in [0.25, 0.3) is 0 Å². The summed E-state index contributed by atoms with van der Waals surface area (Å²) < 4.78 is 5.17. The molecular formula is C12H14ClN3O. The van der Waals surface area contributed by atoms with Crippen LogP contribution in [0.1, 0.15) is 30.1 Å². The zero-order chi connectivity index (χ0) is 12.3. The Morgan fingerprint density at radius 2 is 2.06 bits per heavy atom. The van der Waals surface area contributed by atoms with Crippen molar-refractivity contribution >= 4 is 11.6 Å². The topological polar surface area (TPSA) is 64.9 Å². The van der Waals surface area contributed by atoms with E-state index in [-0.39, 0.29) is 5.92 Å². The lowest BCUT2D eigenvalue weighted by Gasteiger charge is -1.99. The zero-order valence-electron chi connectivity index (χ0n) is 9.56. The van der Waals surface area contributed by atoms with Crippen molar-refractivity contribution < 1.29 is 4.52 Å². The van der Waals surface area contributed by atoms with E-state index in [1.54, 1.807) is 0 Å². The van der Waals surface area contributed by atoms with Crippen molar-refractivity contribution in [2.45, 2.75) is 19.3 Å². The summed E-state index contributed by atoms with van der Waals surface area (Å²) in [4.78, 5) is 4.31. The molecular weight excluding hydrogens is 238 g/mol. The lowest BCUT2D eigenvalue weighted by Crippen LogP contribution is -2.10. The number of nitrogens with two attached hydrogens (primary N) is 1. The zero-order valence-corrected chi connectivity index (χ0v) is 10.3. The standard InChI is InChI=1S/C12H14ClN3O/c1-8(7-14)12-15-11(17-16-12)6-9-2-4-10(13)5-3-9/h2-5,8H,6-7,14H2,1H3. The van der Waals surface area contributed by atoms with Crippen molar-refractivity contribution in [1.29, 1.82) is 0 Å². The number of halogens is 1. The van der Waals surface area contributed by atoms with E-state index in [9.17, 15) is 0 Å². The summed E-state index contributed by atoms with van der Waals surface area (Å²) in [7, 11) is 0. The second-order valence-corrected chi connectivity index (χ2v) is 4.42. The minimum atomic E-state index is 0.123. The fraction of sp³-hybridized carbons (Fsp3) is 0.333. The van der Waals surface area contributed by atoms with Crippen molar-refractivity contribution in [2.24, 2.45) is 5.73 Å². The first kappa shape index (κ1) is 12.1. The van der Waals surface area contributed by atoms with E-state index in [0.29, 0.717) is 24.7 Å². The van der Waals surface area contributed by atoms with Crippen LogP contribution in [-0.4, -0.2) is 16.7 Å². The molecule has 0 radical (unpaired) electrons. The Morgan fingerprint density at radius 3 is 2.71 bits per heavy atom. The van der Waals surface area contributed by atoms with E-state index in [2.05, 4.69) is 10.1 Å². The van der Waals surface area contributed by atoms with Crippen LogP contribution in [-0.2, 0) is 6.42 Å². The van der Waals surface area contributed by atoms with Crippen LogP contribution >= 0.6 is 11.6 Å². The summed E-state index contributed by atoms with van der Waals surface area (Å²) in [5, 5.41) is 4.63. The largest absolute Gasteiger partial charge is 0.339 e. The number of nitrogens with zero attached hydrogens (tertiary/aromatic N) is 2. The molecule has 0 saturated heterocycles. The van der Waals surface area contributed by atoms with Gasteiger partial charge in [-0.05, 0) is 17.7 Å². The summed E-state index contributed by atoms with van der Waals surface area (Å²) in [6, 6.07) is 7.57. The summed E-state index contributed by atoms with van der Waals surface area (Å²) in [5.74, 6) is 1.39. The van der Waals surface area contributed by atoms with Crippen molar-refractivity contribution in [1.82, 2.24) is 10.1 Å². The second kappa shape index (κ2) is 5.29. The van der Waals surface area contributed by atoms with Gasteiger partial charge in [0, 0.05) is 17.5 Å². The van der Waals surface area contributed by atoms with Gasteiger partial charge in [0.1, 0.15) is 0 Å². The van der Waals surface area contributed by atoms with Gasteiger partial charge >= 0.3 is 0 Å². The van der Waals surface area contributed by atoms with Gasteiger partial charge in [0.25, 0.3) is 0 Å². The van der Waals surface area contributed by atoms with E-state index in [1.165, 1.54) is 0 Å². The SMILES string of the molecule is CC(CN)c1noc(Cc2ccc(Cl)cc2)n1. The molecule has 5 heteroatoms. The maximum absolute atomic E-state index is 5.81. The molecule has 0 bridgehead atoms. The second-order valence-electron chi connectivity index (χ2n) is 3.99. The highest BCUT2D eigenvalue weighted by molar-refractivity contribution is 6.30. The quantitative estimate of drug-likeness (QED) is 0.906. The van der Waals surface area contributed by atoms with Crippen LogP contribution in [0.5, 0.6) is 0 Å². The molecule has 17 heavy (non-hydrogen) atoms. The molecule has 1 atom stereocenters. The maximum Gasteiger partial charge on any atom is 0.231 e. The molecule has 2 aromatic rings. The van der Waals surface area contributed by atoms with Crippen LogP contribution in [0.4, 0.5) is 0 Å². The molecule has 0 saturated carbocycles. The first-order valence-corrected chi connectivity index (χ1v) is 5.84. The monoisotopic (exact) mass is 251 g/mol. The van der Waals surface area contributed by atoms with Gasteiger partial charge in [-0.1, -0.05) is 35.8 Å². The van der Waals surface area contributed by atoms with E-state index in [1.807, 2.05) is 31.2 Å². The summed E-state index contributed by atoms with van der Waals surface area (Å²) in [6.45, 7) is 2.48. The van der Waals surface area contributed by atoms with Crippen LogP contribution in [0.2, 0.25) is 5.02 Å². The Kier molecular flexibility index (Phi) is 3.76. The molecule has 0 spiro atoms. The van der Waals surface area contributed by atoms with Gasteiger partial charge in [0.2, 0.25) is 5.89 Å². The summed E-state index contributed by atoms with van der Waals surface area (Å²) in [6.07, 6.45) is 0.613. The molecule has 1 aromatic carbocycles. The number of rotatable bonds is 4. The smallest absolute Gasteiger partial charge is 0.231 e. The molecule has 0 aliphatic heterocycles. The lowest BCUT2D eigenvalue weighted by molar-refractivity contribution is 0.376. The molecule has 0 fully saturated rings. The number of aromatic nitrogens is 2. The molecule has 0 aliphatic rings. The van der Waals surface area contributed by atoms with Crippen molar-refractivity contribution in [3.8, 4) is 0 Å². The van der Waals surface area contributed by atoms with E-state index in [4.69, 9.17) is 21.9 Å². The van der Waals surface area contributed by atoms with Gasteiger partial charge < -0.3 is 10.3 Å². The normalized spacial score (nSPS) is 12.6. The van der Waals surface area contributed by atoms with E-state index < -0.39 is 0 Å². The molecule has 1 heterocycles. The highest BCUT2D eigenvalue weighted by Gasteiger charge is 2.12. The van der Waals surface area contributed by atoms with Gasteiger partial charge in [0.15, 0.2) is 5.82 Å². The fourth-order valence-corrected chi connectivity index (χ4v) is 1.55. The Balaban J connectivity index is 2.08. The predicted molar refractivity (Wildman–Crippen MR) is 66.0 cm³/mol. The third kappa shape index (κ3) is 3.05. The Morgan fingerprint density at radius 1 is 1.35 bits per heavy atom. The Hall–Kier alpha value is -1.39. The van der Waals surface area contributed by atoms with Gasteiger partial charge in [0.05, 0.1) is 6.42 Å². The number of hydrogen-bond donors (Lipinski definition) is 1. The van der Waals surface area contributed by atoms with Crippen LogP contribution < -0.4 is 5.73 Å². The summed E-state index contributed by atoms with van der Waals surface area (Å²) >= 11 is 5.81. The van der Waals surface area contributed by atoms with Gasteiger partial charge in [-0.15, -0.1) is 0 Å². The maximum atomic E-state index is 5.81. The van der Waals surface area contributed by atoms with Crippen LogP contribution in [0.3, 0.4) is 0 Å². The average molecular weight is 252 g/mol. The fourth-order valence-electron chi connectivity index (χ4n) is 1.42. The van der Waals surface area contributed by atoms with E-state index >= 15 is 0 Å². The first-order chi connectivity index (χ1) is 8.19. The highest BCUT2D eigenvalue weighted by Crippen LogP contribution is 2.14. The predicted octanol–water partition coefficient (Wildman–Crippen LogP) is 2.38. The van der Waals surface area contributed by atoms with E-state index in [0.717, 1.165) is 10.6 Å². The molecule has 0 aliphatic carbocycles. The highest BCUT2D eigenvalue weighted by atomic mass is 35.5. The Labute approximate surface area is 105 Å². The molecule has 0 amide bonds. The molecule has 2 N–H and O–H groups in total. The van der Waals surface area contributed by atoms with Crippen molar-refractivity contribution in [2.75, 3.05) is 6.54 Å².